The van der Waals surface area contributed by atoms with Crippen molar-refractivity contribution in [1.29, 1.82) is 0 Å². The zero-order valence-corrected chi connectivity index (χ0v) is 17.2. The number of carbonyl (C=O) groups is 2. The van der Waals surface area contributed by atoms with Crippen molar-refractivity contribution in [2.75, 3.05) is 16.8 Å². The van der Waals surface area contributed by atoms with Gasteiger partial charge in [-0.25, -0.2) is 9.18 Å². The van der Waals surface area contributed by atoms with Gasteiger partial charge in [-0.05, 0) is 42.0 Å². The topological polar surface area (TPSA) is 88.8 Å². The lowest BCUT2D eigenvalue weighted by Crippen LogP contribution is -2.38. The number of ether oxygens (including phenoxy) is 1. The SMILES string of the molecule is O=C(Nc1ccc2c(c1)OCC(=O)N2Cc1ccc(F)cc1)c1cc2ccccc2oc1=O. The average molecular weight is 444 g/mol. The molecule has 1 aromatic heterocycles. The number of fused-ring (bicyclic) bond motifs is 2. The molecule has 0 bridgehead atoms. The number of amides is 2. The normalized spacial score (nSPS) is 12.9. The molecule has 1 aliphatic rings. The lowest BCUT2D eigenvalue weighted by atomic mass is 10.1. The average Bonchev–Trinajstić information content (AvgIpc) is 2.81. The molecule has 0 radical (unpaired) electrons. The van der Waals surface area contributed by atoms with Crippen LogP contribution in [0, 0.1) is 5.82 Å². The molecule has 0 aliphatic carbocycles. The van der Waals surface area contributed by atoms with Crippen LogP contribution < -0.4 is 20.6 Å². The van der Waals surface area contributed by atoms with E-state index in [4.69, 9.17) is 9.15 Å². The van der Waals surface area contributed by atoms with E-state index in [1.54, 1.807) is 54.6 Å². The van der Waals surface area contributed by atoms with Gasteiger partial charge in [0.25, 0.3) is 11.8 Å². The molecule has 33 heavy (non-hydrogen) atoms. The lowest BCUT2D eigenvalue weighted by Gasteiger charge is -2.29. The fourth-order valence-electron chi connectivity index (χ4n) is 3.65. The number of rotatable bonds is 4. The van der Waals surface area contributed by atoms with E-state index >= 15 is 0 Å². The van der Waals surface area contributed by atoms with Gasteiger partial charge in [-0.3, -0.25) is 9.59 Å². The number of para-hydroxylation sites is 1. The summed E-state index contributed by atoms with van der Waals surface area (Å²) in [5.74, 6) is -0.810. The molecule has 4 aromatic rings. The third-order valence-electron chi connectivity index (χ3n) is 5.30. The van der Waals surface area contributed by atoms with Gasteiger partial charge in [0, 0.05) is 17.1 Å². The summed E-state index contributed by atoms with van der Waals surface area (Å²) in [5, 5.41) is 3.30. The number of carbonyl (C=O) groups excluding carboxylic acids is 2. The van der Waals surface area contributed by atoms with Gasteiger partial charge < -0.3 is 19.4 Å². The van der Waals surface area contributed by atoms with Gasteiger partial charge in [0.05, 0.1) is 12.2 Å². The molecule has 8 heteroatoms. The van der Waals surface area contributed by atoms with Crippen LogP contribution in [0.1, 0.15) is 15.9 Å². The van der Waals surface area contributed by atoms with Crippen molar-refractivity contribution in [3.05, 3.63) is 100 Å². The van der Waals surface area contributed by atoms with Gasteiger partial charge in [-0.1, -0.05) is 30.3 Å². The Morgan fingerprint density at radius 2 is 1.79 bits per heavy atom. The summed E-state index contributed by atoms with van der Waals surface area (Å²) in [5.41, 5.74) is 1.21. The van der Waals surface area contributed by atoms with E-state index in [1.165, 1.54) is 23.1 Å². The molecule has 164 valence electrons. The van der Waals surface area contributed by atoms with E-state index in [2.05, 4.69) is 5.32 Å². The number of anilines is 2. The first kappa shape index (κ1) is 20.4. The van der Waals surface area contributed by atoms with Crippen LogP contribution in [0.3, 0.4) is 0 Å². The summed E-state index contributed by atoms with van der Waals surface area (Å²) in [6.45, 7) is 0.0825. The highest BCUT2D eigenvalue weighted by atomic mass is 19.1. The standard InChI is InChI=1S/C25H17FN2O5/c26-17-7-5-15(6-8-17)13-28-20-10-9-18(12-22(20)32-14-23(28)29)27-24(30)19-11-16-3-1-2-4-21(16)33-25(19)31/h1-12H,13-14H2,(H,27,30). The quantitative estimate of drug-likeness (QED) is 0.479. The van der Waals surface area contributed by atoms with Gasteiger partial charge in [-0.15, -0.1) is 0 Å². The molecule has 0 spiro atoms. The minimum absolute atomic E-state index is 0.125. The molecule has 0 atom stereocenters. The van der Waals surface area contributed by atoms with Crippen LogP contribution in [0.25, 0.3) is 11.0 Å². The second-order valence-corrected chi connectivity index (χ2v) is 7.52. The molecular weight excluding hydrogens is 427 g/mol. The predicted octanol–water partition coefficient (Wildman–Crippen LogP) is 4.11. The highest BCUT2D eigenvalue weighted by Gasteiger charge is 2.26. The smallest absolute Gasteiger partial charge is 0.349 e. The highest BCUT2D eigenvalue weighted by Crippen LogP contribution is 2.35. The first-order valence-corrected chi connectivity index (χ1v) is 10.1. The summed E-state index contributed by atoms with van der Waals surface area (Å²) in [6, 6.07) is 19.1. The van der Waals surface area contributed by atoms with Crippen molar-refractivity contribution < 1.29 is 23.1 Å². The molecule has 2 heterocycles. The maximum absolute atomic E-state index is 13.2. The van der Waals surface area contributed by atoms with Crippen molar-refractivity contribution in [1.82, 2.24) is 0 Å². The summed E-state index contributed by atoms with van der Waals surface area (Å²) in [6.07, 6.45) is 0. The number of hydrogen-bond donors (Lipinski definition) is 1. The van der Waals surface area contributed by atoms with E-state index < -0.39 is 11.5 Å². The number of benzene rings is 3. The van der Waals surface area contributed by atoms with E-state index in [1.807, 2.05) is 0 Å². The second kappa shape index (κ2) is 8.23. The number of nitrogens with zero attached hydrogens (tertiary/aromatic N) is 1. The minimum Gasteiger partial charge on any atom is -0.481 e. The summed E-state index contributed by atoms with van der Waals surface area (Å²) in [4.78, 5) is 38.9. The molecule has 0 saturated heterocycles. The van der Waals surface area contributed by atoms with Gasteiger partial charge in [0.15, 0.2) is 6.61 Å². The minimum atomic E-state index is -0.739. The van der Waals surface area contributed by atoms with E-state index in [9.17, 15) is 18.8 Å². The van der Waals surface area contributed by atoms with E-state index in [0.717, 1.165) is 5.56 Å². The van der Waals surface area contributed by atoms with Crippen LogP contribution >= 0.6 is 0 Å². The molecule has 0 unspecified atom stereocenters. The Hall–Kier alpha value is -4.46. The maximum Gasteiger partial charge on any atom is 0.349 e. The van der Waals surface area contributed by atoms with Crippen molar-refractivity contribution >= 4 is 34.2 Å². The Balaban J connectivity index is 1.39. The fourth-order valence-corrected chi connectivity index (χ4v) is 3.65. The number of halogens is 1. The summed E-state index contributed by atoms with van der Waals surface area (Å²) < 4.78 is 24.0. The molecular formula is C25H17FN2O5. The van der Waals surface area contributed by atoms with Crippen LogP contribution in [0.2, 0.25) is 0 Å². The van der Waals surface area contributed by atoms with Crippen LogP contribution in [0.15, 0.2) is 82.0 Å². The number of hydrogen-bond acceptors (Lipinski definition) is 5. The van der Waals surface area contributed by atoms with Crippen molar-refractivity contribution in [3.8, 4) is 5.75 Å². The molecule has 1 N–H and O–H groups in total. The zero-order valence-electron chi connectivity index (χ0n) is 17.2. The third kappa shape index (κ3) is 4.06. The Morgan fingerprint density at radius 1 is 1.00 bits per heavy atom. The van der Waals surface area contributed by atoms with Gasteiger partial charge in [0.1, 0.15) is 22.7 Å². The molecule has 7 nitrogen and oxygen atoms in total. The van der Waals surface area contributed by atoms with Crippen molar-refractivity contribution in [2.24, 2.45) is 0 Å². The zero-order chi connectivity index (χ0) is 22.9. The molecule has 2 amide bonds. The molecule has 1 aliphatic heterocycles. The summed E-state index contributed by atoms with van der Waals surface area (Å²) >= 11 is 0. The van der Waals surface area contributed by atoms with Gasteiger partial charge in [0.2, 0.25) is 0 Å². The van der Waals surface area contributed by atoms with Crippen LogP contribution in [-0.2, 0) is 11.3 Å². The fraction of sp³-hybridized carbons (Fsp3) is 0.0800. The van der Waals surface area contributed by atoms with Crippen molar-refractivity contribution in [2.45, 2.75) is 6.54 Å². The molecule has 5 rings (SSSR count). The van der Waals surface area contributed by atoms with Crippen LogP contribution in [0.5, 0.6) is 5.75 Å². The Bertz CT molecular complexity index is 1450. The van der Waals surface area contributed by atoms with Crippen molar-refractivity contribution in [3.63, 3.8) is 0 Å². The van der Waals surface area contributed by atoms with E-state index in [0.29, 0.717) is 28.1 Å². The van der Waals surface area contributed by atoms with Gasteiger partial charge >= 0.3 is 5.63 Å². The largest absolute Gasteiger partial charge is 0.481 e. The Labute approximate surface area is 187 Å². The Morgan fingerprint density at radius 3 is 2.61 bits per heavy atom. The molecule has 3 aromatic carbocycles. The monoisotopic (exact) mass is 444 g/mol. The van der Waals surface area contributed by atoms with Gasteiger partial charge in [-0.2, -0.15) is 0 Å². The second-order valence-electron chi connectivity index (χ2n) is 7.52. The van der Waals surface area contributed by atoms with Crippen LogP contribution in [-0.4, -0.2) is 18.4 Å². The van der Waals surface area contributed by atoms with E-state index in [-0.39, 0.29) is 30.4 Å². The Kier molecular flexibility index (Phi) is 5.10. The first-order chi connectivity index (χ1) is 16.0. The maximum atomic E-state index is 13.2. The first-order valence-electron chi connectivity index (χ1n) is 10.1. The molecule has 0 fully saturated rings. The van der Waals surface area contributed by atoms with Crippen LogP contribution in [0.4, 0.5) is 15.8 Å². The highest BCUT2D eigenvalue weighted by molar-refractivity contribution is 6.06. The number of nitrogens with one attached hydrogen (secondary N) is 1. The summed E-state index contributed by atoms with van der Waals surface area (Å²) in [7, 11) is 0. The molecule has 0 saturated carbocycles. The third-order valence-corrected chi connectivity index (χ3v) is 5.30. The lowest BCUT2D eigenvalue weighted by molar-refractivity contribution is -0.121. The predicted molar refractivity (Wildman–Crippen MR) is 120 cm³/mol.